The molecule has 0 aliphatic carbocycles. The van der Waals surface area contributed by atoms with Crippen LogP contribution in [0, 0.1) is 0 Å². The lowest BCUT2D eigenvalue weighted by Crippen LogP contribution is -2.48. The number of carbonyl (C=O) groups is 2. The lowest BCUT2D eigenvalue weighted by atomic mass is 10.1. The molecule has 0 N–H and O–H groups in total. The van der Waals surface area contributed by atoms with Crippen molar-refractivity contribution in [2.75, 3.05) is 39.5 Å². The first-order chi connectivity index (χ1) is 12.1. The Morgan fingerprint density at radius 2 is 1.12 bits per heavy atom. The van der Waals surface area contributed by atoms with Gasteiger partial charge in [0.2, 0.25) is 12.8 Å². The van der Waals surface area contributed by atoms with Crippen LogP contribution in [0.1, 0.15) is 58.8 Å². The zero-order chi connectivity index (χ0) is 18.1. The summed E-state index contributed by atoms with van der Waals surface area (Å²) in [6.07, 6.45) is 10.4. The van der Waals surface area contributed by atoms with Crippen LogP contribution in [0.5, 0.6) is 0 Å². The average molecular weight is 353 g/mol. The van der Waals surface area contributed by atoms with Gasteiger partial charge in [-0.15, -0.1) is 0 Å². The molecule has 2 amide bonds. The number of nitrogens with zero attached hydrogens (tertiary/aromatic N) is 4. The van der Waals surface area contributed by atoms with Crippen LogP contribution in [0.15, 0.2) is 0 Å². The smallest absolute Gasteiger partial charge is 0.210 e. The molecule has 2 saturated heterocycles. The van der Waals surface area contributed by atoms with Crippen molar-refractivity contribution >= 4 is 12.8 Å². The number of rotatable bonds is 10. The highest BCUT2D eigenvalue weighted by molar-refractivity contribution is 5.48. The predicted molar refractivity (Wildman–Crippen MR) is 99.9 cm³/mol. The third-order valence-electron chi connectivity index (χ3n) is 5.80. The van der Waals surface area contributed by atoms with Gasteiger partial charge < -0.3 is 9.80 Å². The predicted octanol–water partition coefficient (Wildman–Crippen LogP) is 1.96. The Bertz CT molecular complexity index is 371. The zero-order valence-electron chi connectivity index (χ0n) is 16.1. The van der Waals surface area contributed by atoms with Crippen molar-refractivity contribution < 1.29 is 9.59 Å². The quantitative estimate of drug-likeness (QED) is 0.445. The van der Waals surface area contributed by atoms with Crippen molar-refractivity contribution in [2.24, 2.45) is 0 Å². The van der Waals surface area contributed by atoms with Crippen LogP contribution in [0.2, 0.25) is 0 Å². The number of amides is 2. The fourth-order valence-corrected chi connectivity index (χ4v) is 3.79. The van der Waals surface area contributed by atoms with Gasteiger partial charge in [0.25, 0.3) is 0 Å². The van der Waals surface area contributed by atoms with Gasteiger partial charge >= 0.3 is 0 Å². The van der Waals surface area contributed by atoms with Gasteiger partial charge in [0.05, 0.1) is 13.3 Å². The lowest BCUT2D eigenvalue weighted by Gasteiger charge is -2.38. The highest BCUT2D eigenvalue weighted by Crippen LogP contribution is 2.14. The van der Waals surface area contributed by atoms with Crippen LogP contribution in [0.25, 0.3) is 0 Å². The van der Waals surface area contributed by atoms with Gasteiger partial charge in [-0.1, -0.05) is 19.3 Å². The van der Waals surface area contributed by atoms with E-state index in [9.17, 15) is 9.59 Å². The lowest BCUT2D eigenvalue weighted by molar-refractivity contribution is -0.125. The topological polar surface area (TPSA) is 47.1 Å². The molecule has 0 saturated carbocycles. The van der Waals surface area contributed by atoms with Gasteiger partial charge in [-0.25, -0.2) is 0 Å². The Balaban J connectivity index is 1.47. The minimum atomic E-state index is 0.390. The van der Waals surface area contributed by atoms with Crippen LogP contribution < -0.4 is 0 Å². The van der Waals surface area contributed by atoms with Crippen molar-refractivity contribution in [1.29, 1.82) is 0 Å². The van der Waals surface area contributed by atoms with E-state index in [1.807, 2.05) is 9.80 Å². The Morgan fingerprint density at radius 3 is 1.52 bits per heavy atom. The monoisotopic (exact) mass is 352 g/mol. The molecule has 2 aliphatic heterocycles. The molecular weight excluding hydrogens is 316 g/mol. The van der Waals surface area contributed by atoms with E-state index >= 15 is 0 Å². The first kappa shape index (κ1) is 20.2. The molecule has 2 fully saturated rings. The summed E-state index contributed by atoms with van der Waals surface area (Å²) in [6, 6.07) is 0.781. The van der Waals surface area contributed by atoms with E-state index < -0.39 is 0 Å². The Labute approximate surface area is 153 Å². The molecule has 0 aromatic carbocycles. The van der Waals surface area contributed by atoms with Crippen LogP contribution >= 0.6 is 0 Å². The van der Waals surface area contributed by atoms with Gasteiger partial charge in [0.15, 0.2) is 0 Å². The molecule has 0 radical (unpaired) electrons. The fraction of sp³-hybridized carbons (Fsp3) is 0.895. The summed E-state index contributed by atoms with van der Waals surface area (Å²) in [6.45, 7) is 10.3. The van der Waals surface area contributed by atoms with Gasteiger partial charge in [-0.05, 0) is 52.6 Å². The summed E-state index contributed by atoms with van der Waals surface area (Å²) in [7, 11) is 0. The van der Waals surface area contributed by atoms with E-state index in [-0.39, 0.29) is 0 Å². The van der Waals surface area contributed by atoms with Crippen molar-refractivity contribution in [3.8, 4) is 0 Å². The van der Waals surface area contributed by atoms with Crippen LogP contribution in [-0.2, 0) is 9.59 Å². The zero-order valence-corrected chi connectivity index (χ0v) is 16.1. The minimum absolute atomic E-state index is 0.390. The first-order valence-electron chi connectivity index (χ1n) is 10.0. The Hall–Kier alpha value is -1.14. The molecule has 2 aliphatic rings. The van der Waals surface area contributed by atoms with E-state index in [2.05, 4.69) is 23.6 Å². The molecule has 0 aromatic heterocycles. The molecule has 0 bridgehead atoms. The van der Waals surface area contributed by atoms with E-state index in [1.54, 1.807) is 0 Å². The van der Waals surface area contributed by atoms with E-state index in [0.29, 0.717) is 12.1 Å². The summed E-state index contributed by atoms with van der Waals surface area (Å²) in [5, 5.41) is 0. The number of unbranched alkanes of at least 4 members (excludes halogenated alkanes) is 4. The average Bonchev–Trinajstić information content (AvgIpc) is 2.63. The molecule has 2 heterocycles. The normalized spacial score (nSPS) is 26.0. The third-order valence-corrected chi connectivity index (χ3v) is 5.80. The van der Waals surface area contributed by atoms with Crippen molar-refractivity contribution in [3.63, 3.8) is 0 Å². The highest BCUT2D eigenvalue weighted by Gasteiger charge is 2.22. The SMILES string of the molecule is C[C@@H]1CCN(CCCCCCCN2CC[C@H](C)N(C=O)C2)CN1C=O. The third kappa shape index (κ3) is 6.59. The maximum atomic E-state index is 11.0. The van der Waals surface area contributed by atoms with Crippen molar-refractivity contribution in [1.82, 2.24) is 19.6 Å². The van der Waals surface area contributed by atoms with Crippen LogP contribution in [0.4, 0.5) is 0 Å². The number of carbonyl (C=O) groups excluding carboxylic acids is 2. The highest BCUT2D eigenvalue weighted by atomic mass is 16.1. The molecular formula is C19H36N4O2. The summed E-state index contributed by atoms with van der Waals surface area (Å²) >= 11 is 0. The van der Waals surface area contributed by atoms with Gasteiger partial charge in [0.1, 0.15) is 0 Å². The largest absolute Gasteiger partial charge is 0.330 e. The molecule has 2 atom stereocenters. The molecule has 0 spiro atoms. The second-order valence-electron chi connectivity index (χ2n) is 7.80. The van der Waals surface area contributed by atoms with Gasteiger partial charge in [-0.3, -0.25) is 19.4 Å². The summed E-state index contributed by atoms with van der Waals surface area (Å²) < 4.78 is 0. The number of hydrogen-bond acceptors (Lipinski definition) is 4. The Kier molecular flexibility index (Phi) is 8.68. The fourth-order valence-electron chi connectivity index (χ4n) is 3.79. The molecule has 144 valence electrons. The van der Waals surface area contributed by atoms with Crippen molar-refractivity contribution in [3.05, 3.63) is 0 Å². The standard InChI is InChI=1S/C19H36N4O2/c1-18-8-12-20(14-22(18)16-24)10-6-4-3-5-7-11-21-13-9-19(2)23(15-21)17-25/h16-19H,3-15H2,1-2H3/t18-,19+. The van der Waals surface area contributed by atoms with Gasteiger partial charge in [-0.2, -0.15) is 0 Å². The Morgan fingerprint density at radius 1 is 0.720 bits per heavy atom. The van der Waals surface area contributed by atoms with E-state index in [4.69, 9.17) is 0 Å². The van der Waals surface area contributed by atoms with Crippen LogP contribution in [-0.4, -0.2) is 84.0 Å². The van der Waals surface area contributed by atoms with Crippen molar-refractivity contribution in [2.45, 2.75) is 70.9 Å². The maximum absolute atomic E-state index is 11.0. The molecule has 6 nitrogen and oxygen atoms in total. The molecule has 2 rings (SSSR count). The van der Waals surface area contributed by atoms with E-state index in [1.165, 1.54) is 32.1 Å². The molecule has 6 heteroatoms. The summed E-state index contributed by atoms with van der Waals surface area (Å²) in [4.78, 5) is 30.7. The molecule has 0 aromatic rings. The minimum Gasteiger partial charge on any atom is -0.330 e. The van der Waals surface area contributed by atoms with Crippen LogP contribution in [0.3, 0.4) is 0 Å². The second kappa shape index (κ2) is 10.8. The maximum Gasteiger partial charge on any atom is 0.210 e. The van der Waals surface area contributed by atoms with Gasteiger partial charge in [0, 0.05) is 25.2 Å². The summed E-state index contributed by atoms with van der Waals surface area (Å²) in [5.74, 6) is 0. The van der Waals surface area contributed by atoms with E-state index in [0.717, 1.165) is 65.2 Å². The second-order valence-corrected chi connectivity index (χ2v) is 7.80. The molecule has 25 heavy (non-hydrogen) atoms. The summed E-state index contributed by atoms with van der Waals surface area (Å²) in [5.41, 5.74) is 0. The molecule has 0 unspecified atom stereocenters. The first-order valence-corrected chi connectivity index (χ1v) is 10.0. The number of hydrogen-bond donors (Lipinski definition) is 0.